The SMILES string of the molecule is COC(=O)c1ccc([C@@H]2Nn3c(nnc3-c3ccccc3)S[C@@H]2C(=O)Nc2cc(C)ccc2C)cc1. The molecule has 3 aromatic carbocycles. The molecule has 0 saturated heterocycles. The summed E-state index contributed by atoms with van der Waals surface area (Å²) in [6, 6.07) is 22.4. The van der Waals surface area contributed by atoms with E-state index in [9.17, 15) is 9.59 Å². The second-order valence-electron chi connectivity index (χ2n) is 8.57. The Morgan fingerprint density at radius 2 is 1.75 bits per heavy atom. The number of amides is 1. The molecule has 182 valence electrons. The van der Waals surface area contributed by atoms with Gasteiger partial charge < -0.3 is 15.5 Å². The van der Waals surface area contributed by atoms with Gasteiger partial charge in [-0.2, -0.15) is 0 Å². The lowest BCUT2D eigenvalue weighted by molar-refractivity contribution is -0.116. The predicted molar refractivity (Wildman–Crippen MR) is 140 cm³/mol. The number of nitrogens with zero attached hydrogens (tertiary/aromatic N) is 3. The van der Waals surface area contributed by atoms with Gasteiger partial charge in [0.1, 0.15) is 5.25 Å². The molecule has 1 aliphatic heterocycles. The van der Waals surface area contributed by atoms with E-state index in [1.807, 2.05) is 79.2 Å². The van der Waals surface area contributed by atoms with Gasteiger partial charge in [-0.15, -0.1) is 10.2 Å². The number of carbonyl (C=O) groups excluding carboxylic acids is 2. The minimum Gasteiger partial charge on any atom is -0.465 e. The normalized spacial score (nSPS) is 16.5. The van der Waals surface area contributed by atoms with E-state index in [0.29, 0.717) is 16.5 Å². The number of hydrogen-bond acceptors (Lipinski definition) is 7. The highest BCUT2D eigenvalue weighted by Gasteiger charge is 2.38. The third-order valence-electron chi connectivity index (χ3n) is 6.07. The number of esters is 1. The Bertz CT molecular complexity index is 1420. The lowest BCUT2D eigenvalue weighted by Crippen LogP contribution is -2.41. The van der Waals surface area contributed by atoms with Crippen LogP contribution in [0.2, 0.25) is 0 Å². The zero-order chi connectivity index (χ0) is 25.2. The second kappa shape index (κ2) is 9.87. The molecular formula is C27H25N5O3S. The molecule has 0 saturated carbocycles. The molecule has 0 unspecified atom stereocenters. The van der Waals surface area contributed by atoms with Crippen LogP contribution in [0.15, 0.2) is 78.0 Å². The van der Waals surface area contributed by atoms with Gasteiger partial charge in [0.05, 0.1) is 18.7 Å². The molecule has 1 aromatic heterocycles. The summed E-state index contributed by atoms with van der Waals surface area (Å²) in [7, 11) is 1.35. The molecule has 0 radical (unpaired) electrons. The highest BCUT2D eigenvalue weighted by atomic mass is 32.2. The molecule has 1 amide bonds. The number of rotatable bonds is 5. The van der Waals surface area contributed by atoms with Gasteiger partial charge in [-0.1, -0.05) is 66.4 Å². The summed E-state index contributed by atoms with van der Waals surface area (Å²) in [6.07, 6.45) is 0. The van der Waals surface area contributed by atoms with E-state index >= 15 is 0 Å². The van der Waals surface area contributed by atoms with Crippen molar-refractivity contribution in [2.75, 3.05) is 17.9 Å². The number of thioether (sulfide) groups is 1. The van der Waals surface area contributed by atoms with E-state index in [-0.39, 0.29) is 5.91 Å². The van der Waals surface area contributed by atoms with Crippen LogP contribution in [-0.2, 0) is 9.53 Å². The Kier molecular flexibility index (Phi) is 6.47. The van der Waals surface area contributed by atoms with Crippen molar-refractivity contribution in [3.63, 3.8) is 0 Å². The molecule has 2 heterocycles. The summed E-state index contributed by atoms with van der Waals surface area (Å²) < 4.78 is 6.65. The maximum absolute atomic E-state index is 13.6. The summed E-state index contributed by atoms with van der Waals surface area (Å²) in [4.78, 5) is 25.6. The highest BCUT2D eigenvalue weighted by molar-refractivity contribution is 8.00. The maximum atomic E-state index is 13.6. The molecule has 0 aliphatic carbocycles. The first-order valence-corrected chi connectivity index (χ1v) is 12.3. The van der Waals surface area contributed by atoms with Gasteiger partial charge in [0.15, 0.2) is 5.82 Å². The Morgan fingerprint density at radius 3 is 2.47 bits per heavy atom. The molecule has 1 aliphatic rings. The third kappa shape index (κ3) is 4.57. The van der Waals surface area contributed by atoms with Gasteiger partial charge >= 0.3 is 5.97 Å². The minimum atomic E-state index is -0.547. The van der Waals surface area contributed by atoms with Crippen molar-refractivity contribution in [1.82, 2.24) is 14.9 Å². The molecule has 0 bridgehead atoms. The fraction of sp³-hybridized carbons (Fsp3) is 0.185. The zero-order valence-electron chi connectivity index (χ0n) is 20.1. The van der Waals surface area contributed by atoms with Crippen molar-refractivity contribution in [3.8, 4) is 11.4 Å². The van der Waals surface area contributed by atoms with Crippen LogP contribution in [0, 0.1) is 13.8 Å². The van der Waals surface area contributed by atoms with Crippen LogP contribution >= 0.6 is 11.8 Å². The number of ether oxygens (including phenoxy) is 1. The van der Waals surface area contributed by atoms with Gasteiger partial charge in [0.2, 0.25) is 11.1 Å². The zero-order valence-corrected chi connectivity index (χ0v) is 20.9. The van der Waals surface area contributed by atoms with Gasteiger partial charge in [0, 0.05) is 11.3 Å². The van der Waals surface area contributed by atoms with Crippen LogP contribution in [0.25, 0.3) is 11.4 Å². The Labute approximate surface area is 213 Å². The molecule has 36 heavy (non-hydrogen) atoms. The number of benzene rings is 3. The average molecular weight is 500 g/mol. The van der Waals surface area contributed by atoms with E-state index in [2.05, 4.69) is 20.9 Å². The minimum absolute atomic E-state index is 0.154. The Hall–Kier alpha value is -4.11. The van der Waals surface area contributed by atoms with Crippen LogP contribution in [-0.4, -0.2) is 39.1 Å². The lowest BCUT2D eigenvalue weighted by atomic mass is 10.0. The first-order chi connectivity index (χ1) is 17.4. The van der Waals surface area contributed by atoms with Gasteiger partial charge in [0.25, 0.3) is 0 Å². The third-order valence-corrected chi connectivity index (χ3v) is 7.28. The molecular weight excluding hydrogens is 474 g/mol. The van der Waals surface area contributed by atoms with Gasteiger partial charge in [-0.25, -0.2) is 9.47 Å². The topological polar surface area (TPSA) is 98.1 Å². The summed E-state index contributed by atoms with van der Waals surface area (Å²) in [5.74, 6) is 0.0885. The van der Waals surface area contributed by atoms with Crippen molar-refractivity contribution in [2.24, 2.45) is 0 Å². The van der Waals surface area contributed by atoms with Crippen molar-refractivity contribution in [1.29, 1.82) is 0 Å². The van der Waals surface area contributed by atoms with E-state index in [4.69, 9.17) is 4.74 Å². The standard InChI is InChI=1S/C27H25N5O3S/c1-16-9-10-17(2)21(15-16)28-25(33)23-22(18-11-13-20(14-12-18)26(34)35-3)31-32-24(29-30-27(32)36-23)19-7-5-4-6-8-19/h4-15,22-23,31H,1-3H3,(H,28,33)/t22-,23-/m0/s1. The van der Waals surface area contributed by atoms with Crippen LogP contribution in [0.4, 0.5) is 5.69 Å². The summed E-state index contributed by atoms with van der Waals surface area (Å²) in [6.45, 7) is 3.96. The first-order valence-electron chi connectivity index (χ1n) is 11.4. The van der Waals surface area contributed by atoms with Crippen LogP contribution in [0.5, 0.6) is 0 Å². The molecule has 0 spiro atoms. The Balaban J connectivity index is 1.52. The molecule has 2 N–H and O–H groups in total. The lowest BCUT2D eigenvalue weighted by Gasteiger charge is -2.33. The predicted octanol–water partition coefficient (Wildman–Crippen LogP) is 4.75. The largest absolute Gasteiger partial charge is 0.465 e. The van der Waals surface area contributed by atoms with Crippen LogP contribution in [0.3, 0.4) is 0 Å². The summed E-state index contributed by atoms with van der Waals surface area (Å²) >= 11 is 1.35. The van der Waals surface area contributed by atoms with Crippen molar-refractivity contribution in [3.05, 3.63) is 95.1 Å². The van der Waals surface area contributed by atoms with E-state index in [1.165, 1.54) is 18.9 Å². The fourth-order valence-electron chi connectivity index (χ4n) is 4.10. The van der Waals surface area contributed by atoms with Crippen molar-refractivity contribution < 1.29 is 14.3 Å². The molecule has 4 aromatic rings. The number of methoxy groups -OCH3 is 1. The summed E-state index contributed by atoms with van der Waals surface area (Å²) in [5, 5.41) is 11.9. The van der Waals surface area contributed by atoms with E-state index in [1.54, 1.807) is 12.1 Å². The smallest absolute Gasteiger partial charge is 0.337 e. The monoisotopic (exact) mass is 499 g/mol. The van der Waals surface area contributed by atoms with Crippen LogP contribution < -0.4 is 10.7 Å². The number of aromatic nitrogens is 3. The number of aryl methyl sites for hydroxylation is 2. The van der Waals surface area contributed by atoms with E-state index < -0.39 is 17.3 Å². The number of hydrogen-bond donors (Lipinski definition) is 2. The second-order valence-corrected chi connectivity index (χ2v) is 9.68. The van der Waals surface area contributed by atoms with Gasteiger partial charge in [-0.3, -0.25) is 4.79 Å². The van der Waals surface area contributed by atoms with Crippen molar-refractivity contribution in [2.45, 2.75) is 30.3 Å². The maximum Gasteiger partial charge on any atom is 0.337 e. The number of nitrogens with one attached hydrogen (secondary N) is 2. The van der Waals surface area contributed by atoms with Crippen molar-refractivity contribution >= 4 is 29.3 Å². The molecule has 5 rings (SSSR count). The highest BCUT2D eigenvalue weighted by Crippen LogP contribution is 2.39. The molecule has 8 nitrogen and oxygen atoms in total. The molecule has 2 atom stereocenters. The Morgan fingerprint density at radius 1 is 1.00 bits per heavy atom. The van der Waals surface area contributed by atoms with E-state index in [0.717, 1.165) is 27.9 Å². The van der Waals surface area contributed by atoms with Crippen LogP contribution in [0.1, 0.15) is 33.1 Å². The molecule has 9 heteroatoms. The number of carbonyl (C=O) groups is 2. The number of fused-ring (bicyclic) bond motifs is 1. The summed E-state index contributed by atoms with van der Waals surface area (Å²) in [5.41, 5.74) is 8.47. The quantitative estimate of drug-likeness (QED) is 0.383. The first kappa shape index (κ1) is 23.6. The van der Waals surface area contributed by atoms with Gasteiger partial charge in [-0.05, 0) is 48.7 Å². The fourth-order valence-corrected chi connectivity index (χ4v) is 5.18. The average Bonchev–Trinajstić information content (AvgIpc) is 3.33. The number of anilines is 1. The molecule has 0 fully saturated rings.